The average molecular weight is 968 g/mol. The molecule has 2 aliphatic carbocycles. The van der Waals surface area contributed by atoms with Gasteiger partial charge in [-0.15, -0.1) is 0 Å². The number of fused-ring (bicyclic) bond motifs is 6. The SMILES string of the molecule is CC(C)(C)c1ccc2c(c1)Cc1c-2ccc(C(C)(C)C)[c]1[Zr]([O]c1ccc(C(F)(F)F)cc1)([O]c1ccc(C(F)(F)F)cc1)[c]1c(C(C)(C)C)ccc2c1Cc1cc(C(C)(C)C)ccc1-2. The van der Waals surface area contributed by atoms with Crippen LogP contribution in [-0.4, -0.2) is 0 Å². The zero-order chi connectivity index (χ0) is 47.4. The number of halogens is 6. The molecular formula is C56H58F6O2Zr. The van der Waals surface area contributed by atoms with Crippen LogP contribution < -0.4 is 12.2 Å². The van der Waals surface area contributed by atoms with Crippen molar-refractivity contribution in [3.63, 3.8) is 0 Å². The van der Waals surface area contributed by atoms with Gasteiger partial charge in [-0.1, -0.05) is 0 Å². The van der Waals surface area contributed by atoms with E-state index >= 15 is 0 Å². The van der Waals surface area contributed by atoms with E-state index in [1.165, 1.54) is 35.4 Å². The quantitative estimate of drug-likeness (QED) is 0.155. The summed E-state index contributed by atoms with van der Waals surface area (Å²) in [7, 11) is 0. The molecule has 0 aromatic heterocycles. The number of rotatable bonds is 6. The standard InChI is InChI=1S/2C21H25.2C7H5F3O.Zr/c2*1-20(2,3)16-7-9-18-14(12-16)11-15-13-17(21(4,5)6)8-10-19(15)18;2*8-7(9,10)5-1-3-6(11)4-2-5;/h2*7-10,12H,11H2,1-6H3;2*1-4,11H;/q;;;;+2/p-2. The van der Waals surface area contributed by atoms with Crippen molar-refractivity contribution in [1.82, 2.24) is 0 Å². The second kappa shape index (κ2) is 15.7. The Balaban J connectivity index is 1.54. The van der Waals surface area contributed by atoms with Crippen LogP contribution in [0.1, 0.15) is 139 Å². The van der Waals surface area contributed by atoms with E-state index < -0.39 is 55.5 Å². The van der Waals surface area contributed by atoms with E-state index in [4.69, 9.17) is 5.63 Å². The third-order valence-electron chi connectivity index (χ3n) is 13.0. The molecule has 2 nitrogen and oxygen atoms in total. The van der Waals surface area contributed by atoms with Crippen molar-refractivity contribution in [3.05, 3.63) is 165 Å². The zero-order valence-electron chi connectivity index (χ0n) is 39.4. The minimum absolute atomic E-state index is 0.127. The van der Waals surface area contributed by atoms with Crippen LogP contribution in [0.5, 0.6) is 11.5 Å². The molecule has 0 fully saturated rings. The molecule has 0 amide bonds. The van der Waals surface area contributed by atoms with Crippen LogP contribution in [0.2, 0.25) is 0 Å². The Kier molecular flexibility index (Phi) is 11.4. The Morgan fingerprint density at radius 3 is 0.969 bits per heavy atom. The fraction of sp³-hybridized carbons (Fsp3) is 0.357. The number of hydrogen-bond acceptors (Lipinski definition) is 2. The van der Waals surface area contributed by atoms with Gasteiger partial charge in [0.15, 0.2) is 0 Å². The van der Waals surface area contributed by atoms with Crippen LogP contribution in [0.4, 0.5) is 26.3 Å². The first kappa shape index (κ1) is 46.9. The average Bonchev–Trinajstić information content (AvgIpc) is 3.76. The van der Waals surface area contributed by atoms with Gasteiger partial charge in [-0.2, -0.15) is 0 Å². The van der Waals surface area contributed by atoms with Gasteiger partial charge in [-0.3, -0.25) is 0 Å². The molecule has 0 N–H and O–H groups in total. The van der Waals surface area contributed by atoms with Crippen molar-refractivity contribution in [2.45, 2.75) is 130 Å². The molecule has 0 aliphatic heterocycles. The summed E-state index contributed by atoms with van der Waals surface area (Å²) in [5, 5.41) is 0. The second-order valence-corrected chi connectivity index (χ2v) is 28.5. The van der Waals surface area contributed by atoms with Gasteiger partial charge in [0.25, 0.3) is 0 Å². The summed E-state index contributed by atoms with van der Waals surface area (Å²) in [6.07, 6.45) is -8.11. The normalized spacial score (nSPS) is 14.2. The molecule has 0 atom stereocenters. The molecule has 6 aromatic rings. The summed E-state index contributed by atoms with van der Waals surface area (Å²) in [4.78, 5) is 0. The van der Waals surface area contributed by atoms with E-state index in [2.05, 4.69) is 144 Å². The van der Waals surface area contributed by atoms with Crippen LogP contribution in [0.25, 0.3) is 22.3 Å². The molecule has 6 aromatic carbocycles. The molecule has 8 rings (SSSR count). The first-order chi connectivity index (χ1) is 30.0. The predicted molar refractivity (Wildman–Crippen MR) is 248 cm³/mol. The van der Waals surface area contributed by atoms with Gasteiger partial charge in [-0.25, -0.2) is 0 Å². The fourth-order valence-corrected chi connectivity index (χ4v) is 20.7. The molecule has 9 heteroatoms. The zero-order valence-corrected chi connectivity index (χ0v) is 41.8. The van der Waals surface area contributed by atoms with Crippen molar-refractivity contribution in [2.75, 3.05) is 0 Å². The Labute approximate surface area is 386 Å². The van der Waals surface area contributed by atoms with Crippen molar-refractivity contribution in [2.24, 2.45) is 0 Å². The molecule has 0 heterocycles. The maximum absolute atomic E-state index is 14.2. The van der Waals surface area contributed by atoms with Gasteiger partial charge >= 0.3 is 388 Å². The topological polar surface area (TPSA) is 18.5 Å². The second-order valence-electron chi connectivity index (χ2n) is 22.0. The molecule has 65 heavy (non-hydrogen) atoms. The van der Waals surface area contributed by atoms with E-state index in [-0.39, 0.29) is 22.3 Å². The molecular weight excluding hydrogens is 910 g/mol. The number of alkyl halides is 6. The Morgan fingerprint density at radius 1 is 0.369 bits per heavy atom. The van der Waals surface area contributed by atoms with Gasteiger partial charge in [0.1, 0.15) is 0 Å². The van der Waals surface area contributed by atoms with Gasteiger partial charge in [-0.05, 0) is 0 Å². The van der Waals surface area contributed by atoms with Crippen molar-refractivity contribution < 1.29 is 53.1 Å². The monoisotopic (exact) mass is 966 g/mol. The fourth-order valence-electron chi connectivity index (χ4n) is 9.59. The summed E-state index contributed by atoms with van der Waals surface area (Å²) < 4.78 is 102. The first-order valence-electron chi connectivity index (χ1n) is 22.3. The van der Waals surface area contributed by atoms with Crippen LogP contribution >= 0.6 is 0 Å². The van der Waals surface area contributed by atoms with Crippen molar-refractivity contribution in [3.8, 4) is 33.8 Å². The van der Waals surface area contributed by atoms with E-state index in [0.29, 0.717) is 12.8 Å². The summed E-state index contributed by atoms with van der Waals surface area (Å²) in [6, 6.07) is 31.4. The van der Waals surface area contributed by atoms with E-state index in [9.17, 15) is 26.3 Å². The summed E-state index contributed by atoms with van der Waals surface area (Å²) in [6.45, 7) is 25.9. The predicted octanol–water partition coefficient (Wildman–Crippen LogP) is 15.1. The van der Waals surface area contributed by atoms with Gasteiger partial charge in [0, 0.05) is 0 Å². The number of hydrogen-bond donors (Lipinski definition) is 0. The molecule has 340 valence electrons. The Hall–Kier alpha value is -4.62. The molecule has 0 unspecified atom stereocenters. The van der Waals surface area contributed by atoms with Crippen LogP contribution in [0.15, 0.2) is 109 Å². The molecule has 0 spiro atoms. The Bertz CT molecular complexity index is 2610. The summed E-state index contributed by atoms with van der Waals surface area (Å²) in [5.41, 5.74) is 9.82. The first-order valence-corrected chi connectivity index (χ1v) is 26.8. The summed E-state index contributed by atoms with van der Waals surface area (Å²) in [5.74, 6) is 0.374. The third kappa shape index (κ3) is 8.76. The number of benzene rings is 6. The van der Waals surface area contributed by atoms with Crippen LogP contribution in [0, 0.1) is 0 Å². The molecule has 0 bridgehead atoms. The van der Waals surface area contributed by atoms with Gasteiger partial charge in [0.05, 0.1) is 0 Å². The van der Waals surface area contributed by atoms with Crippen molar-refractivity contribution in [1.29, 1.82) is 0 Å². The maximum atomic E-state index is 14.2. The van der Waals surface area contributed by atoms with Gasteiger partial charge in [0.2, 0.25) is 0 Å². The summed E-state index contributed by atoms with van der Waals surface area (Å²) >= 11 is -5.81. The van der Waals surface area contributed by atoms with E-state index in [1.807, 2.05) is 0 Å². The molecule has 0 saturated heterocycles. The minimum atomic E-state index is -5.81. The van der Waals surface area contributed by atoms with E-state index in [0.717, 1.165) is 86.4 Å². The van der Waals surface area contributed by atoms with Crippen LogP contribution in [-0.2, 0) is 68.0 Å². The Morgan fingerprint density at radius 2 is 0.677 bits per heavy atom. The van der Waals surface area contributed by atoms with E-state index in [1.54, 1.807) is 0 Å². The van der Waals surface area contributed by atoms with Crippen LogP contribution in [0.3, 0.4) is 0 Å². The van der Waals surface area contributed by atoms with Gasteiger partial charge < -0.3 is 0 Å². The molecule has 0 saturated carbocycles. The molecule has 2 aliphatic rings. The van der Waals surface area contributed by atoms with Crippen molar-refractivity contribution >= 4 is 6.54 Å². The third-order valence-corrected chi connectivity index (χ3v) is 21.7. The molecule has 0 radical (unpaired) electrons.